The summed E-state index contributed by atoms with van der Waals surface area (Å²) in [6.07, 6.45) is 8.00. The Morgan fingerprint density at radius 1 is 1.12 bits per heavy atom. The van der Waals surface area contributed by atoms with Crippen LogP contribution in [0.3, 0.4) is 0 Å². The first kappa shape index (κ1) is 24.3. The average molecular weight is 471 g/mol. The van der Waals surface area contributed by atoms with Crippen molar-refractivity contribution in [3.8, 4) is 0 Å². The van der Waals surface area contributed by atoms with Crippen molar-refractivity contribution < 1.29 is 17.9 Å². The van der Waals surface area contributed by atoms with Gasteiger partial charge in [0.1, 0.15) is 17.3 Å². The molecule has 2 aliphatic rings. The van der Waals surface area contributed by atoms with E-state index in [0.717, 1.165) is 19.3 Å². The molecular weight excluding hydrogens is 441 g/mol. The number of aliphatic imine (C=N–C) groups is 1. The minimum atomic E-state index is -1.10. The van der Waals surface area contributed by atoms with Crippen LogP contribution in [0.4, 0.5) is 18.9 Å². The maximum absolute atomic E-state index is 13.9. The first-order valence-electron chi connectivity index (χ1n) is 10.7. The second kappa shape index (κ2) is 12.0. The Morgan fingerprint density at radius 3 is 2.47 bits per heavy atom. The minimum absolute atomic E-state index is 0.0497. The molecule has 0 aromatic heterocycles. The van der Waals surface area contributed by atoms with Crippen LogP contribution in [0.5, 0.6) is 0 Å². The maximum atomic E-state index is 13.9. The number of hydrogen-bond donors (Lipinski definition) is 5. The number of nitrogens with two attached hydrogens (primary N) is 1. The molecule has 7 nitrogen and oxygen atoms in total. The van der Waals surface area contributed by atoms with Gasteiger partial charge in [-0.2, -0.15) is 0 Å². The molecule has 1 aliphatic heterocycles. The topological polar surface area (TPSA) is 95.7 Å². The van der Waals surface area contributed by atoms with Gasteiger partial charge in [0.25, 0.3) is 0 Å². The Balaban J connectivity index is 1.66. The maximum Gasteiger partial charge on any atom is 0.175 e. The summed E-state index contributed by atoms with van der Waals surface area (Å²) in [6.45, 7) is 1.55. The second-order valence-electron chi connectivity index (χ2n) is 7.81. The monoisotopic (exact) mass is 470 g/mol. The largest absolute Gasteiger partial charge is 0.403 e. The number of benzene rings is 1. The fourth-order valence-corrected chi connectivity index (χ4v) is 3.93. The molecular formula is C21H29F3N6OS. The molecule has 1 aromatic rings. The fourth-order valence-electron chi connectivity index (χ4n) is 3.72. The van der Waals surface area contributed by atoms with Gasteiger partial charge in [0.05, 0.1) is 25.0 Å². The Labute approximate surface area is 191 Å². The van der Waals surface area contributed by atoms with Crippen LogP contribution < -0.4 is 27.0 Å². The molecule has 1 aromatic carbocycles. The van der Waals surface area contributed by atoms with Gasteiger partial charge in [-0.3, -0.25) is 10.3 Å². The molecule has 1 saturated heterocycles. The van der Waals surface area contributed by atoms with Crippen molar-refractivity contribution in [1.82, 2.24) is 16.0 Å². The molecule has 32 heavy (non-hydrogen) atoms. The van der Waals surface area contributed by atoms with Crippen LogP contribution in [-0.2, 0) is 4.74 Å². The zero-order valence-corrected chi connectivity index (χ0v) is 18.5. The number of rotatable bonds is 7. The van der Waals surface area contributed by atoms with Gasteiger partial charge >= 0.3 is 0 Å². The molecule has 0 radical (unpaired) electrons. The number of nitrogens with zero attached hydrogens (tertiary/aromatic N) is 1. The molecule has 2 fully saturated rings. The number of hydrogen-bond acceptors (Lipinski definition) is 5. The highest BCUT2D eigenvalue weighted by Gasteiger charge is 2.20. The molecule has 0 amide bonds. The lowest BCUT2D eigenvalue weighted by atomic mass is 9.96. The minimum Gasteiger partial charge on any atom is -0.403 e. The van der Waals surface area contributed by atoms with E-state index in [4.69, 9.17) is 22.7 Å². The Morgan fingerprint density at radius 2 is 1.84 bits per heavy atom. The van der Waals surface area contributed by atoms with Crippen LogP contribution in [0, 0.1) is 17.5 Å². The number of anilines is 1. The Hall–Kier alpha value is -2.37. The summed E-state index contributed by atoms with van der Waals surface area (Å²) < 4.78 is 46.4. The summed E-state index contributed by atoms with van der Waals surface area (Å²) in [6, 6.07) is 1.61. The zero-order chi connectivity index (χ0) is 22.9. The number of thiocarbonyl (C=S) groups is 1. The summed E-state index contributed by atoms with van der Waals surface area (Å²) in [4.78, 5) is 4.60. The van der Waals surface area contributed by atoms with Gasteiger partial charge in [-0.1, -0.05) is 19.3 Å². The lowest BCUT2D eigenvalue weighted by molar-refractivity contribution is 0.192. The number of ether oxygens (including phenoxy) is 1. The van der Waals surface area contributed by atoms with Crippen LogP contribution in [0.2, 0.25) is 0 Å². The molecule has 0 spiro atoms. The average Bonchev–Trinajstić information content (AvgIpc) is 3.28. The molecule has 0 bridgehead atoms. The second-order valence-corrected chi connectivity index (χ2v) is 8.22. The number of amidine groups is 1. The summed E-state index contributed by atoms with van der Waals surface area (Å²) >= 11 is 5.18. The Kier molecular flexibility index (Phi) is 9.12. The summed E-state index contributed by atoms with van der Waals surface area (Å²) in [5, 5.41) is 11.8. The molecule has 1 heterocycles. The van der Waals surface area contributed by atoms with Gasteiger partial charge in [0, 0.05) is 31.0 Å². The molecule has 6 N–H and O–H groups in total. The first-order valence-corrected chi connectivity index (χ1v) is 11.1. The highest BCUT2D eigenvalue weighted by Crippen LogP contribution is 2.20. The van der Waals surface area contributed by atoms with Crippen molar-refractivity contribution in [3.63, 3.8) is 0 Å². The smallest absolute Gasteiger partial charge is 0.175 e. The highest BCUT2D eigenvalue weighted by atomic mass is 32.1. The van der Waals surface area contributed by atoms with E-state index in [0.29, 0.717) is 49.6 Å². The predicted molar refractivity (Wildman–Crippen MR) is 123 cm³/mol. The van der Waals surface area contributed by atoms with Gasteiger partial charge in [-0.15, -0.1) is 0 Å². The van der Waals surface area contributed by atoms with Crippen molar-refractivity contribution in [2.45, 2.75) is 50.6 Å². The molecule has 1 saturated carbocycles. The van der Waals surface area contributed by atoms with Crippen molar-refractivity contribution >= 4 is 28.9 Å². The van der Waals surface area contributed by atoms with Gasteiger partial charge in [0.15, 0.2) is 16.7 Å². The van der Waals surface area contributed by atoms with Crippen LogP contribution in [0.1, 0.15) is 38.5 Å². The quantitative estimate of drug-likeness (QED) is 0.238. The van der Waals surface area contributed by atoms with Gasteiger partial charge in [-0.05, 0) is 31.5 Å². The number of halogens is 3. The normalized spacial score (nSPS) is 20.3. The van der Waals surface area contributed by atoms with Gasteiger partial charge in [0.2, 0.25) is 0 Å². The van der Waals surface area contributed by atoms with E-state index >= 15 is 0 Å². The Bertz CT molecular complexity index is 831. The third-order valence-corrected chi connectivity index (χ3v) is 5.61. The fraction of sp³-hybridized carbons (Fsp3) is 0.524. The van der Waals surface area contributed by atoms with Crippen LogP contribution in [0.25, 0.3) is 0 Å². The lowest BCUT2D eigenvalue weighted by Crippen LogP contribution is -2.43. The zero-order valence-electron chi connectivity index (χ0n) is 17.7. The molecule has 11 heteroatoms. The van der Waals surface area contributed by atoms with Crippen LogP contribution in [0.15, 0.2) is 29.0 Å². The van der Waals surface area contributed by atoms with Crippen LogP contribution in [-0.4, -0.2) is 42.9 Å². The van der Waals surface area contributed by atoms with E-state index in [9.17, 15) is 13.2 Å². The summed E-state index contributed by atoms with van der Waals surface area (Å²) in [5.74, 6) is -2.76. The lowest BCUT2D eigenvalue weighted by Gasteiger charge is -2.23. The third-order valence-electron chi connectivity index (χ3n) is 5.41. The molecule has 1 atom stereocenters. The van der Waals surface area contributed by atoms with Crippen molar-refractivity contribution in [3.05, 3.63) is 41.5 Å². The SMILES string of the molecule is N/C=C(NC(=S)Nc1c(F)cc(F)cc1F)\C(=N/CNC1CCCCC1)NC1CCOC1. The summed E-state index contributed by atoms with van der Waals surface area (Å²) in [5.41, 5.74) is 5.58. The molecule has 176 valence electrons. The van der Waals surface area contributed by atoms with E-state index < -0.39 is 23.1 Å². The molecule has 1 unspecified atom stereocenters. The standard InChI is InChI=1S/C21H29F3N6OS/c22-13-8-16(23)19(17(24)9-13)30-21(32)29-18(10-25)20(28-15-6-7-31-11-15)27-12-26-14-4-2-1-3-5-14/h8-10,14-15,26H,1-7,11-12,25H2,(H,27,28)(H2,29,30,32)/b18-10+. The highest BCUT2D eigenvalue weighted by molar-refractivity contribution is 7.80. The number of nitrogens with one attached hydrogen (secondary N) is 4. The van der Waals surface area contributed by atoms with Gasteiger partial charge in [-0.25, -0.2) is 13.2 Å². The van der Waals surface area contributed by atoms with Crippen molar-refractivity contribution in [1.29, 1.82) is 0 Å². The molecule has 1 aliphatic carbocycles. The van der Waals surface area contributed by atoms with E-state index in [-0.39, 0.29) is 11.2 Å². The van der Waals surface area contributed by atoms with Crippen molar-refractivity contribution in [2.75, 3.05) is 25.2 Å². The van der Waals surface area contributed by atoms with E-state index in [2.05, 4.69) is 26.3 Å². The van der Waals surface area contributed by atoms with Crippen LogP contribution >= 0.6 is 12.2 Å². The summed E-state index contributed by atoms with van der Waals surface area (Å²) in [7, 11) is 0. The third kappa shape index (κ3) is 7.07. The van der Waals surface area contributed by atoms with E-state index in [1.165, 1.54) is 25.5 Å². The predicted octanol–water partition coefficient (Wildman–Crippen LogP) is 2.85. The van der Waals surface area contributed by atoms with Crippen molar-refractivity contribution in [2.24, 2.45) is 10.7 Å². The molecule has 3 rings (SSSR count). The van der Waals surface area contributed by atoms with E-state index in [1.807, 2.05) is 0 Å². The van der Waals surface area contributed by atoms with Gasteiger partial charge < -0.3 is 26.4 Å². The van der Waals surface area contributed by atoms with E-state index in [1.54, 1.807) is 0 Å². The first-order chi connectivity index (χ1) is 15.5.